The van der Waals surface area contributed by atoms with Crippen LogP contribution in [0.25, 0.3) is 0 Å². The third-order valence-electron chi connectivity index (χ3n) is 2.45. The highest BCUT2D eigenvalue weighted by Crippen LogP contribution is 2.40. The van der Waals surface area contributed by atoms with E-state index in [1.54, 1.807) is 6.92 Å². The van der Waals surface area contributed by atoms with E-state index in [1.807, 2.05) is 0 Å². The molecule has 0 saturated heterocycles. The Morgan fingerprint density at radius 1 is 1.27 bits per heavy atom. The number of amides is 3. The molecule has 0 heterocycles. The van der Waals surface area contributed by atoms with Gasteiger partial charge in [-0.1, -0.05) is 12.1 Å². The van der Waals surface area contributed by atoms with Crippen molar-refractivity contribution in [1.82, 2.24) is 10.6 Å². The Balaban J connectivity index is 2.70. The number of rotatable bonds is 5. The fraction of sp³-hybridized carbons (Fsp3) is 0.385. The number of anilines is 1. The third-order valence-corrected chi connectivity index (χ3v) is 3.26. The van der Waals surface area contributed by atoms with Crippen molar-refractivity contribution in [3.8, 4) is 0 Å². The van der Waals surface area contributed by atoms with Crippen LogP contribution >= 0.6 is 11.8 Å². The van der Waals surface area contributed by atoms with E-state index in [9.17, 15) is 22.8 Å². The van der Waals surface area contributed by atoms with Gasteiger partial charge in [0.05, 0.1) is 5.69 Å². The maximum Gasteiger partial charge on any atom is 0.446 e. The first-order chi connectivity index (χ1) is 10.2. The predicted octanol–water partition coefficient (Wildman–Crippen LogP) is 2.94. The number of urea groups is 1. The van der Waals surface area contributed by atoms with Gasteiger partial charge in [-0.15, -0.1) is 0 Å². The van der Waals surface area contributed by atoms with Gasteiger partial charge in [-0.05, 0) is 37.7 Å². The molecule has 122 valence electrons. The lowest BCUT2D eigenvalue weighted by Gasteiger charge is -2.16. The zero-order valence-electron chi connectivity index (χ0n) is 12.0. The first-order valence-electron chi connectivity index (χ1n) is 6.43. The lowest BCUT2D eigenvalue weighted by molar-refractivity contribution is -0.122. The van der Waals surface area contributed by atoms with Crippen LogP contribution in [0.5, 0.6) is 0 Å². The number of para-hydroxylation sites is 1. The molecule has 0 fully saturated rings. The van der Waals surface area contributed by atoms with Crippen molar-refractivity contribution in [3.05, 3.63) is 24.3 Å². The van der Waals surface area contributed by atoms with Crippen molar-refractivity contribution in [2.45, 2.75) is 30.3 Å². The molecule has 1 rings (SSSR count). The first-order valence-corrected chi connectivity index (χ1v) is 7.24. The van der Waals surface area contributed by atoms with Crippen molar-refractivity contribution >= 4 is 29.4 Å². The van der Waals surface area contributed by atoms with E-state index < -0.39 is 17.6 Å². The van der Waals surface area contributed by atoms with E-state index in [-0.39, 0.29) is 28.3 Å². The highest BCUT2D eigenvalue weighted by Gasteiger charge is 2.30. The number of nitrogens with one attached hydrogen (secondary N) is 3. The summed E-state index contributed by atoms with van der Waals surface area (Å²) >= 11 is -0.319. The van der Waals surface area contributed by atoms with E-state index in [0.29, 0.717) is 6.54 Å². The second kappa shape index (κ2) is 7.92. The molecule has 0 aliphatic heterocycles. The normalized spacial score (nSPS) is 12.4. The monoisotopic (exact) mass is 335 g/mol. The summed E-state index contributed by atoms with van der Waals surface area (Å²) < 4.78 is 37.3. The summed E-state index contributed by atoms with van der Waals surface area (Å²) in [6.07, 6.45) is 0. The Hall–Kier alpha value is -1.90. The smallest absolute Gasteiger partial charge is 0.355 e. The van der Waals surface area contributed by atoms with Crippen molar-refractivity contribution < 1.29 is 22.8 Å². The van der Waals surface area contributed by atoms with Crippen LogP contribution in [0.3, 0.4) is 0 Å². The maximum absolute atomic E-state index is 12.4. The largest absolute Gasteiger partial charge is 0.446 e. The van der Waals surface area contributed by atoms with Crippen LogP contribution in [-0.4, -0.2) is 30.0 Å². The second-order valence-corrected chi connectivity index (χ2v) is 5.37. The number of likely N-dealkylation sites (N-methyl/N-ethyl adjacent to an activating group) is 1. The van der Waals surface area contributed by atoms with Gasteiger partial charge in [0.15, 0.2) is 0 Å². The third kappa shape index (κ3) is 6.25. The SMILES string of the molecule is CCNC(=O)[C@H](C)NC(=O)Nc1ccccc1SC(F)(F)F. The molecule has 1 atom stereocenters. The Kier molecular flexibility index (Phi) is 6.54. The molecule has 22 heavy (non-hydrogen) atoms. The van der Waals surface area contributed by atoms with Crippen molar-refractivity contribution in [1.29, 1.82) is 0 Å². The number of halogens is 3. The number of alkyl halides is 3. The standard InChI is InChI=1S/C13H16F3N3O2S/c1-3-17-11(20)8(2)18-12(21)19-9-6-4-5-7-10(9)22-13(14,15)16/h4-8H,3H2,1-2H3,(H,17,20)(H2,18,19,21)/t8-/m0/s1. The molecule has 0 aliphatic rings. The zero-order chi connectivity index (χ0) is 16.8. The van der Waals surface area contributed by atoms with Gasteiger partial charge in [-0.3, -0.25) is 4.79 Å². The van der Waals surface area contributed by atoms with E-state index in [1.165, 1.54) is 31.2 Å². The van der Waals surface area contributed by atoms with Crippen LogP contribution in [0.15, 0.2) is 29.2 Å². The summed E-state index contributed by atoms with van der Waals surface area (Å²) in [5.41, 5.74) is -4.44. The Morgan fingerprint density at radius 3 is 2.50 bits per heavy atom. The minimum absolute atomic E-state index is 0.0189. The van der Waals surface area contributed by atoms with Gasteiger partial charge in [0.1, 0.15) is 6.04 Å². The quantitative estimate of drug-likeness (QED) is 0.725. The molecule has 0 bridgehead atoms. The average molecular weight is 335 g/mol. The summed E-state index contributed by atoms with van der Waals surface area (Å²) in [5.74, 6) is -0.379. The fourth-order valence-corrected chi connectivity index (χ4v) is 2.16. The van der Waals surface area contributed by atoms with Gasteiger partial charge in [-0.2, -0.15) is 13.2 Å². The highest BCUT2D eigenvalue weighted by atomic mass is 32.2. The summed E-state index contributed by atoms with van der Waals surface area (Å²) in [6.45, 7) is 3.62. The molecule has 3 amide bonds. The van der Waals surface area contributed by atoms with Crippen LogP contribution in [0.4, 0.5) is 23.7 Å². The first kappa shape index (κ1) is 18.1. The van der Waals surface area contributed by atoms with E-state index in [2.05, 4.69) is 16.0 Å². The van der Waals surface area contributed by atoms with Crippen LogP contribution < -0.4 is 16.0 Å². The second-order valence-electron chi connectivity index (χ2n) is 4.26. The maximum atomic E-state index is 12.4. The predicted molar refractivity (Wildman–Crippen MR) is 78.7 cm³/mol. The summed E-state index contributed by atoms with van der Waals surface area (Å²) in [7, 11) is 0. The van der Waals surface area contributed by atoms with Gasteiger partial charge in [0.2, 0.25) is 5.91 Å². The topological polar surface area (TPSA) is 70.2 Å². The molecule has 5 nitrogen and oxygen atoms in total. The molecule has 3 N–H and O–H groups in total. The molecule has 1 aromatic rings. The molecule has 9 heteroatoms. The molecule has 0 spiro atoms. The molecule has 0 aromatic heterocycles. The van der Waals surface area contributed by atoms with Crippen LogP contribution in [0.1, 0.15) is 13.8 Å². The van der Waals surface area contributed by atoms with E-state index >= 15 is 0 Å². The molecule has 0 unspecified atom stereocenters. The van der Waals surface area contributed by atoms with Crippen molar-refractivity contribution in [3.63, 3.8) is 0 Å². The van der Waals surface area contributed by atoms with E-state index in [0.717, 1.165) is 0 Å². The molecular formula is C13H16F3N3O2S. The zero-order valence-corrected chi connectivity index (χ0v) is 12.8. The molecule has 0 radical (unpaired) electrons. The van der Waals surface area contributed by atoms with Crippen LogP contribution in [0, 0.1) is 0 Å². The minimum atomic E-state index is -4.46. The molecule has 0 aliphatic carbocycles. The average Bonchev–Trinajstić information content (AvgIpc) is 2.39. The highest BCUT2D eigenvalue weighted by molar-refractivity contribution is 8.00. The van der Waals surface area contributed by atoms with Gasteiger partial charge >= 0.3 is 11.5 Å². The van der Waals surface area contributed by atoms with Crippen LogP contribution in [-0.2, 0) is 4.79 Å². The fourth-order valence-electron chi connectivity index (χ4n) is 1.53. The van der Waals surface area contributed by atoms with Gasteiger partial charge < -0.3 is 16.0 Å². The lowest BCUT2D eigenvalue weighted by atomic mass is 10.3. The number of thioether (sulfide) groups is 1. The number of carbonyl (C=O) groups excluding carboxylic acids is 2. The Labute approximate surface area is 130 Å². The van der Waals surface area contributed by atoms with Gasteiger partial charge in [0, 0.05) is 11.4 Å². The minimum Gasteiger partial charge on any atom is -0.355 e. The van der Waals surface area contributed by atoms with Crippen molar-refractivity contribution in [2.24, 2.45) is 0 Å². The summed E-state index contributed by atoms with van der Waals surface area (Å²) in [5, 5.41) is 7.18. The lowest BCUT2D eigenvalue weighted by Crippen LogP contribution is -2.46. The van der Waals surface area contributed by atoms with Gasteiger partial charge in [-0.25, -0.2) is 4.79 Å². The molecule has 1 aromatic carbocycles. The Bertz CT molecular complexity index is 538. The number of hydrogen-bond acceptors (Lipinski definition) is 3. The summed E-state index contributed by atoms with van der Waals surface area (Å²) in [4.78, 5) is 23.1. The molecular weight excluding hydrogens is 319 g/mol. The van der Waals surface area contributed by atoms with Gasteiger partial charge in [0.25, 0.3) is 0 Å². The summed E-state index contributed by atoms with van der Waals surface area (Å²) in [6, 6.07) is 3.99. The van der Waals surface area contributed by atoms with Crippen LogP contribution in [0.2, 0.25) is 0 Å². The number of benzene rings is 1. The number of carbonyl (C=O) groups is 2. The molecule has 0 saturated carbocycles. The Morgan fingerprint density at radius 2 is 1.91 bits per heavy atom. The van der Waals surface area contributed by atoms with Crippen molar-refractivity contribution in [2.75, 3.05) is 11.9 Å². The number of hydrogen-bond donors (Lipinski definition) is 3. The van der Waals surface area contributed by atoms with E-state index in [4.69, 9.17) is 0 Å².